The number of nitrogens with zero attached hydrogens (tertiary/aromatic N) is 5. The van der Waals surface area contributed by atoms with Crippen LogP contribution in [0.4, 0.5) is 11.6 Å². The number of amides is 1. The van der Waals surface area contributed by atoms with Crippen LogP contribution in [0.15, 0.2) is 35.3 Å². The lowest BCUT2D eigenvalue weighted by molar-refractivity contribution is 0.0718. The minimum absolute atomic E-state index is 0.00750. The Morgan fingerprint density at radius 1 is 1.03 bits per heavy atom. The molecule has 1 amide bonds. The van der Waals surface area contributed by atoms with E-state index in [0.29, 0.717) is 17.3 Å². The topological polar surface area (TPSA) is 85.0 Å². The molecule has 0 unspecified atom stereocenters. The molecule has 162 valence electrons. The van der Waals surface area contributed by atoms with E-state index < -0.39 is 0 Å². The maximum Gasteiger partial charge on any atom is 0.329 e. The van der Waals surface area contributed by atoms with Gasteiger partial charge in [-0.1, -0.05) is 18.9 Å². The van der Waals surface area contributed by atoms with Crippen molar-refractivity contribution in [2.75, 3.05) is 18.4 Å². The molecule has 1 aliphatic carbocycles. The molecule has 1 saturated heterocycles. The van der Waals surface area contributed by atoms with E-state index in [2.05, 4.69) is 15.3 Å². The Morgan fingerprint density at radius 2 is 1.81 bits per heavy atom. The Labute approximate surface area is 180 Å². The molecule has 5 rings (SSSR count). The minimum Gasteiger partial charge on any atom is -0.337 e. The van der Waals surface area contributed by atoms with Crippen LogP contribution < -0.4 is 11.0 Å². The Morgan fingerprint density at radius 3 is 2.58 bits per heavy atom. The third-order valence-electron chi connectivity index (χ3n) is 6.53. The number of fused-ring (bicyclic) bond motifs is 1. The number of pyridine rings is 2. The summed E-state index contributed by atoms with van der Waals surface area (Å²) in [4.78, 5) is 36.5. The maximum atomic E-state index is 12.8. The molecule has 1 aliphatic heterocycles. The predicted octanol–water partition coefficient (Wildman–Crippen LogP) is 3.61. The number of nitrogens with one attached hydrogen (secondary N) is 1. The quantitative estimate of drug-likeness (QED) is 0.697. The Bertz CT molecular complexity index is 1170. The number of aromatic nitrogens is 4. The number of imidazole rings is 1. The van der Waals surface area contributed by atoms with Crippen LogP contribution in [0.1, 0.15) is 61.5 Å². The lowest BCUT2D eigenvalue weighted by Gasteiger charge is -2.26. The van der Waals surface area contributed by atoms with Crippen LogP contribution in [-0.2, 0) is 7.05 Å². The first-order valence-electron chi connectivity index (χ1n) is 11.2. The Hall–Kier alpha value is -3.16. The molecule has 2 aliphatic rings. The molecular formula is C23H28N6O2. The van der Waals surface area contributed by atoms with Crippen LogP contribution in [-0.4, -0.2) is 43.0 Å². The van der Waals surface area contributed by atoms with Crippen LogP contribution >= 0.6 is 0 Å². The van der Waals surface area contributed by atoms with E-state index in [9.17, 15) is 9.59 Å². The number of hydrogen-bond donors (Lipinski definition) is 1. The highest BCUT2D eigenvalue weighted by molar-refractivity contribution is 5.92. The average molecular weight is 421 g/mol. The van der Waals surface area contributed by atoms with Crippen LogP contribution in [0.3, 0.4) is 0 Å². The van der Waals surface area contributed by atoms with Crippen molar-refractivity contribution in [3.05, 3.63) is 46.6 Å². The Balaban J connectivity index is 1.43. The highest BCUT2D eigenvalue weighted by atomic mass is 16.2. The zero-order valence-electron chi connectivity index (χ0n) is 17.9. The van der Waals surface area contributed by atoms with Gasteiger partial charge in [0.05, 0.1) is 17.2 Å². The van der Waals surface area contributed by atoms with Gasteiger partial charge in [0, 0.05) is 32.2 Å². The van der Waals surface area contributed by atoms with E-state index in [1.54, 1.807) is 23.9 Å². The zero-order chi connectivity index (χ0) is 21.4. The molecule has 3 aromatic rings. The van der Waals surface area contributed by atoms with Crippen molar-refractivity contribution in [1.29, 1.82) is 0 Å². The fourth-order valence-corrected chi connectivity index (χ4v) is 4.85. The highest BCUT2D eigenvalue weighted by Crippen LogP contribution is 2.31. The third kappa shape index (κ3) is 3.71. The molecule has 8 nitrogen and oxygen atoms in total. The molecule has 2 fully saturated rings. The fourth-order valence-electron chi connectivity index (χ4n) is 4.85. The van der Waals surface area contributed by atoms with Gasteiger partial charge in [0.1, 0.15) is 17.3 Å². The number of anilines is 2. The van der Waals surface area contributed by atoms with Gasteiger partial charge in [-0.2, -0.15) is 0 Å². The van der Waals surface area contributed by atoms with E-state index in [0.717, 1.165) is 62.6 Å². The normalized spacial score (nSPS) is 17.4. The second-order valence-electron chi connectivity index (χ2n) is 8.59. The summed E-state index contributed by atoms with van der Waals surface area (Å²) in [6, 6.07) is 7.58. The predicted molar refractivity (Wildman–Crippen MR) is 120 cm³/mol. The maximum absolute atomic E-state index is 12.8. The molecule has 0 spiro atoms. The van der Waals surface area contributed by atoms with Crippen LogP contribution in [0.5, 0.6) is 0 Å². The van der Waals surface area contributed by atoms with Gasteiger partial charge in [-0.25, -0.2) is 14.8 Å². The number of hydrogen-bond acceptors (Lipinski definition) is 5. The standard InChI is InChI=1S/C23H28N6O2/c1-27-19-15-24-21(14-18(19)29(23(27)31)16-8-3-4-9-16)26-20-11-7-10-17(25-20)22(30)28-12-5-2-6-13-28/h7,10-11,14-16H,2-6,8-9,12-13H2,1H3,(H,24,25,26). The van der Waals surface area contributed by atoms with Gasteiger partial charge in [-0.15, -0.1) is 0 Å². The summed E-state index contributed by atoms with van der Waals surface area (Å²) in [7, 11) is 1.79. The van der Waals surface area contributed by atoms with E-state index in [4.69, 9.17) is 0 Å². The van der Waals surface area contributed by atoms with E-state index in [1.807, 2.05) is 27.7 Å². The molecule has 31 heavy (non-hydrogen) atoms. The van der Waals surface area contributed by atoms with Crippen LogP contribution in [0.25, 0.3) is 11.0 Å². The molecule has 8 heteroatoms. The number of likely N-dealkylation sites (tertiary alicyclic amines) is 1. The number of piperidine rings is 1. The number of carbonyl (C=O) groups excluding carboxylic acids is 1. The van der Waals surface area contributed by atoms with Gasteiger partial charge < -0.3 is 10.2 Å². The van der Waals surface area contributed by atoms with Gasteiger partial charge in [0.2, 0.25) is 0 Å². The summed E-state index contributed by atoms with van der Waals surface area (Å²) >= 11 is 0. The summed E-state index contributed by atoms with van der Waals surface area (Å²) in [6.45, 7) is 1.59. The SMILES string of the molecule is Cn1c(=O)n(C2CCCC2)c2cc(Nc3cccc(C(=O)N4CCCCC4)n3)ncc21. The molecule has 1 N–H and O–H groups in total. The van der Waals surface area contributed by atoms with Gasteiger partial charge in [-0.05, 0) is 44.2 Å². The van der Waals surface area contributed by atoms with Crippen molar-refractivity contribution in [2.24, 2.45) is 7.05 Å². The van der Waals surface area contributed by atoms with Gasteiger partial charge >= 0.3 is 5.69 Å². The summed E-state index contributed by atoms with van der Waals surface area (Å²) in [5, 5.41) is 3.22. The molecule has 0 radical (unpaired) electrons. The first-order chi connectivity index (χ1) is 15.1. The van der Waals surface area contributed by atoms with Gasteiger partial charge in [0.25, 0.3) is 5.91 Å². The van der Waals surface area contributed by atoms with Gasteiger partial charge in [0.15, 0.2) is 0 Å². The summed E-state index contributed by atoms with van der Waals surface area (Å²) in [5.41, 5.74) is 2.16. The number of rotatable bonds is 4. The largest absolute Gasteiger partial charge is 0.337 e. The first-order valence-corrected chi connectivity index (χ1v) is 11.2. The summed E-state index contributed by atoms with van der Waals surface area (Å²) in [5.74, 6) is 1.16. The van der Waals surface area contributed by atoms with Gasteiger partial charge in [-0.3, -0.25) is 13.9 Å². The Kier molecular flexibility index (Phi) is 5.21. The second-order valence-corrected chi connectivity index (χ2v) is 8.59. The van der Waals surface area contributed by atoms with Crippen molar-refractivity contribution in [3.8, 4) is 0 Å². The summed E-state index contributed by atoms with van der Waals surface area (Å²) < 4.78 is 3.58. The van der Waals surface area contributed by atoms with Crippen LogP contribution in [0.2, 0.25) is 0 Å². The monoisotopic (exact) mass is 420 g/mol. The van der Waals surface area contributed by atoms with Crippen molar-refractivity contribution >= 4 is 28.6 Å². The highest BCUT2D eigenvalue weighted by Gasteiger charge is 2.23. The zero-order valence-corrected chi connectivity index (χ0v) is 17.9. The molecular weight excluding hydrogens is 392 g/mol. The van der Waals surface area contributed by atoms with Crippen molar-refractivity contribution in [3.63, 3.8) is 0 Å². The van der Waals surface area contributed by atoms with Crippen molar-refractivity contribution < 1.29 is 4.79 Å². The van der Waals surface area contributed by atoms with E-state index >= 15 is 0 Å². The fraction of sp³-hybridized carbons (Fsp3) is 0.478. The molecule has 0 bridgehead atoms. The number of carbonyl (C=O) groups is 1. The lowest BCUT2D eigenvalue weighted by Crippen LogP contribution is -2.36. The molecule has 3 aromatic heterocycles. The molecule has 4 heterocycles. The minimum atomic E-state index is -0.0232. The van der Waals surface area contributed by atoms with E-state index in [-0.39, 0.29) is 17.6 Å². The molecule has 1 saturated carbocycles. The lowest BCUT2D eigenvalue weighted by atomic mass is 10.1. The van der Waals surface area contributed by atoms with Crippen molar-refractivity contribution in [1.82, 2.24) is 24.0 Å². The first kappa shape index (κ1) is 19.8. The van der Waals surface area contributed by atoms with Crippen molar-refractivity contribution in [2.45, 2.75) is 51.0 Å². The smallest absolute Gasteiger partial charge is 0.329 e. The molecule has 0 aromatic carbocycles. The number of aryl methyl sites for hydroxylation is 1. The van der Waals surface area contributed by atoms with Crippen LogP contribution in [0, 0.1) is 0 Å². The average Bonchev–Trinajstić information content (AvgIpc) is 3.41. The molecule has 0 atom stereocenters. The third-order valence-corrected chi connectivity index (χ3v) is 6.53. The van der Waals surface area contributed by atoms with E-state index in [1.165, 1.54) is 6.42 Å². The second kappa shape index (κ2) is 8.17. The summed E-state index contributed by atoms with van der Waals surface area (Å²) in [6.07, 6.45) is 9.39.